The van der Waals surface area contributed by atoms with Crippen LogP contribution in [0.15, 0.2) is 22.8 Å². The molecule has 0 bridgehead atoms. The largest absolute Gasteiger partial charge is 0.468 e. The highest BCUT2D eigenvalue weighted by atomic mass is 16.3. The molecule has 0 unspecified atom stereocenters. The van der Waals surface area contributed by atoms with Gasteiger partial charge in [0.1, 0.15) is 5.76 Å². The first kappa shape index (κ1) is 10.2. The lowest BCUT2D eigenvalue weighted by atomic mass is 10.3. The second kappa shape index (κ2) is 4.49. The molecule has 2 rings (SSSR count). The lowest BCUT2D eigenvalue weighted by Crippen LogP contribution is -2.49. The summed E-state index contributed by atoms with van der Waals surface area (Å²) in [5.41, 5.74) is 0. The van der Waals surface area contributed by atoms with E-state index < -0.39 is 0 Å². The molecule has 82 valence electrons. The molecule has 0 aliphatic carbocycles. The lowest BCUT2D eigenvalue weighted by molar-refractivity contribution is -0.136. The first-order chi connectivity index (χ1) is 7.29. The molecule has 1 aliphatic rings. The number of carbonyl (C=O) groups excluding carboxylic acids is 1. The van der Waals surface area contributed by atoms with Gasteiger partial charge in [-0.05, 0) is 19.1 Å². The van der Waals surface area contributed by atoms with Crippen molar-refractivity contribution in [1.29, 1.82) is 0 Å². The van der Waals surface area contributed by atoms with Crippen LogP contribution in [0.5, 0.6) is 0 Å². The van der Waals surface area contributed by atoms with Crippen molar-refractivity contribution >= 4 is 5.91 Å². The second-order valence-corrected chi connectivity index (χ2v) is 3.76. The second-order valence-electron chi connectivity index (χ2n) is 3.76. The van der Waals surface area contributed by atoms with Gasteiger partial charge in [0, 0.05) is 19.6 Å². The van der Waals surface area contributed by atoms with Crippen LogP contribution in [-0.4, -0.2) is 41.9 Å². The number of hydrogen-bond acceptors (Lipinski definition) is 3. The molecular weight excluding hydrogens is 192 g/mol. The van der Waals surface area contributed by atoms with Crippen molar-refractivity contribution in [3.63, 3.8) is 0 Å². The van der Waals surface area contributed by atoms with Gasteiger partial charge in [-0.1, -0.05) is 0 Å². The first-order valence-electron chi connectivity index (χ1n) is 5.32. The Morgan fingerprint density at radius 3 is 2.93 bits per heavy atom. The van der Waals surface area contributed by atoms with Gasteiger partial charge in [0.15, 0.2) is 0 Å². The Morgan fingerprint density at radius 2 is 2.33 bits per heavy atom. The van der Waals surface area contributed by atoms with E-state index in [4.69, 9.17) is 4.42 Å². The zero-order chi connectivity index (χ0) is 10.7. The summed E-state index contributed by atoms with van der Waals surface area (Å²) in [6.45, 7) is 5.83. The zero-order valence-electron chi connectivity index (χ0n) is 8.98. The van der Waals surface area contributed by atoms with Crippen molar-refractivity contribution in [3.05, 3.63) is 24.2 Å². The maximum absolute atomic E-state index is 11.6. The summed E-state index contributed by atoms with van der Waals surface area (Å²) in [5.74, 6) is 1.14. The van der Waals surface area contributed by atoms with Gasteiger partial charge in [0.2, 0.25) is 5.91 Å². The molecule has 1 aliphatic heterocycles. The van der Waals surface area contributed by atoms with Gasteiger partial charge in [-0.2, -0.15) is 0 Å². The molecule has 0 atom stereocenters. The van der Waals surface area contributed by atoms with Crippen LogP contribution in [0.25, 0.3) is 0 Å². The van der Waals surface area contributed by atoms with E-state index in [1.165, 1.54) is 0 Å². The average molecular weight is 208 g/mol. The molecule has 0 aromatic carbocycles. The predicted octanol–water partition coefficient (Wildman–Crippen LogP) is 0.944. The van der Waals surface area contributed by atoms with Crippen LogP contribution in [0.4, 0.5) is 0 Å². The highest BCUT2D eigenvalue weighted by Gasteiger charge is 2.22. The van der Waals surface area contributed by atoms with Crippen LogP contribution in [0.2, 0.25) is 0 Å². The smallest absolute Gasteiger partial charge is 0.236 e. The SMILES string of the molecule is CCN1CCN(Cc2ccco2)CC1=O. The predicted molar refractivity (Wildman–Crippen MR) is 56.2 cm³/mol. The van der Waals surface area contributed by atoms with E-state index in [2.05, 4.69) is 4.90 Å². The van der Waals surface area contributed by atoms with Crippen molar-refractivity contribution in [3.8, 4) is 0 Å². The standard InChI is InChI=1S/C11H16N2O2/c1-2-13-6-5-12(9-11(13)14)8-10-4-3-7-15-10/h3-4,7H,2,5-6,8-9H2,1H3. The average Bonchev–Trinajstić information content (AvgIpc) is 2.71. The molecule has 1 fully saturated rings. The minimum absolute atomic E-state index is 0.218. The van der Waals surface area contributed by atoms with E-state index in [0.29, 0.717) is 6.54 Å². The molecule has 4 nitrogen and oxygen atoms in total. The summed E-state index contributed by atoms with van der Waals surface area (Å²) in [6, 6.07) is 3.82. The van der Waals surface area contributed by atoms with Gasteiger partial charge in [0.25, 0.3) is 0 Å². The number of carbonyl (C=O) groups is 1. The van der Waals surface area contributed by atoms with Crippen LogP contribution in [-0.2, 0) is 11.3 Å². The summed E-state index contributed by atoms with van der Waals surface area (Å²) in [7, 11) is 0. The van der Waals surface area contributed by atoms with E-state index in [0.717, 1.165) is 31.9 Å². The molecule has 1 aromatic rings. The van der Waals surface area contributed by atoms with Crippen molar-refractivity contribution in [2.24, 2.45) is 0 Å². The number of piperazine rings is 1. The molecule has 1 aromatic heterocycles. The fourth-order valence-electron chi connectivity index (χ4n) is 1.85. The number of nitrogens with zero attached hydrogens (tertiary/aromatic N) is 2. The molecule has 4 heteroatoms. The number of amides is 1. The van der Waals surface area contributed by atoms with Gasteiger partial charge in [-0.15, -0.1) is 0 Å². The van der Waals surface area contributed by atoms with Crippen LogP contribution in [0.3, 0.4) is 0 Å². The fraction of sp³-hybridized carbons (Fsp3) is 0.545. The Balaban J connectivity index is 1.89. The Labute approximate surface area is 89.5 Å². The highest BCUT2D eigenvalue weighted by molar-refractivity contribution is 5.78. The Morgan fingerprint density at radius 1 is 1.47 bits per heavy atom. The maximum Gasteiger partial charge on any atom is 0.236 e. The van der Waals surface area contributed by atoms with Crippen molar-refractivity contribution in [1.82, 2.24) is 9.80 Å². The molecule has 2 heterocycles. The molecule has 0 radical (unpaired) electrons. The molecule has 0 spiro atoms. The summed E-state index contributed by atoms with van der Waals surface area (Å²) < 4.78 is 5.26. The van der Waals surface area contributed by atoms with E-state index >= 15 is 0 Å². The lowest BCUT2D eigenvalue weighted by Gasteiger charge is -2.33. The molecule has 1 saturated heterocycles. The quantitative estimate of drug-likeness (QED) is 0.742. The van der Waals surface area contributed by atoms with Gasteiger partial charge in [0.05, 0.1) is 19.4 Å². The molecule has 1 amide bonds. The van der Waals surface area contributed by atoms with E-state index in [1.807, 2.05) is 24.0 Å². The molecule has 0 saturated carbocycles. The summed E-state index contributed by atoms with van der Waals surface area (Å²) in [6.07, 6.45) is 1.67. The van der Waals surface area contributed by atoms with E-state index in [1.54, 1.807) is 6.26 Å². The van der Waals surface area contributed by atoms with Crippen LogP contribution < -0.4 is 0 Å². The fourth-order valence-corrected chi connectivity index (χ4v) is 1.85. The third-order valence-corrected chi connectivity index (χ3v) is 2.74. The number of likely N-dealkylation sites (N-methyl/N-ethyl adjacent to an activating group) is 1. The number of hydrogen-bond donors (Lipinski definition) is 0. The summed E-state index contributed by atoms with van der Waals surface area (Å²) >= 11 is 0. The minimum atomic E-state index is 0.218. The van der Waals surface area contributed by atoms with Gasteiger partial charge >= 0.3 is 0 Å². The van der Waals surface area contributed by atoms with Crippen molar-refractivity contribution in [2.45, 2.75) is 13.5 Å². The van der Waals surface area contributed by atoms with Crippen LogP contribution in [0.1, 0.15) is 12.7 Å². The maximum atomic E-state index is 11.6. The van der Waals surface area contributed by atoms with Crippen molar-refractivity contribution in [2.75, 3.05) is 26.2 Å². The van der Waals surface area contributed by atoms with Crippen molar-refractivity contribution < 1.29 is 9.21 Å². The highest BCUT2D eigenvalue weighted by Crippen LogP contribution is 2.09. The summed E-state index contributed by atoms with van der Waals surface area (Å²) in [4.78, 5) is 15.6. The first-order valence-corrected chi connectivity index (χ1v) is 5.32. The van der Waals surface area contributed by atoms with Gasteiger partial charge < -0.3 is 9.32 Å². The summed E-state index contributed by atoms with van der Waals surface area (Å²) in [5, 5.41) is 0. The third-order valence-electron chi connectivity index (χ3n) is 2.74. The zero-order valence-corrected chi connectivity index (χ0v) is 8.98. The van der Waals surface area contributed by atoms with Gasteiger partial charge in [-0.3, -0.25) is 9.69 Å². The third kappa shape index (κ3) is 2.39. The van der Waals surface area contributed by atoms with Gasteiger partial charge in [-0.25, -0.2) is 0 Å². The van der Waals surface area contributed by atoms with Crippen LogP contribution >= 0.6 is 0 Å². The van der Waals surface area contributed by atoms with Crippen LogP contribution in [0, 0.1) is 0 Å². The molecular formula is C11H16N2O2. The topological polar surface area (TPSA) is 36.7 Å². The Kier molecular flexibility index (Phi) is 3.06. The van der Waals surface area contributed by atoms with E-state index in [-0.39, 0.29) is 5.91 Å². The number of furan rings is 1. The monoisotopic (exact) mass is 208 g/mol. The Hall–Kier alpha value is -1.29. The molecule has 15 heavy (non-hydrogen) atoms. The molecule has 0 N–H and O–H groups in total. The van der Waals surface area contributed by atoms with E-state index in [9.17, 15) is 4.79 Å². The normalized spacial score (nSPS) is 18.5. The number of rotatable bonds is 3. The Bertz CT molecular complexity index is 321. The minimum Gasteiger partial charge on any atom is -0.468 e.